The summed E-state index contributed by atoms with van der Waals surface area (Å²) in [6.45, 7) is 3.51. The monoisotopic (exact) mass is 637 g/mol. The van der Waals surface area contributed by atoms with E-state index in [0.717, 1.165) is 16.3 Å². The van der Waals surface area contributed by atoms with E-state index in [1.165, 1.54) is 30.3 Å². The number of carbonyl (C=O) groups excluding carboxylic acids is 3. The fourth-order valence-corrected chi connectivity index (χ4v) is 5.74. The maximum Gasteiger partial charge on any atom is 0.356 e. The third-order valence-corrected chi connectivity index (χ3v) is 8.32. The van der Waals surface area contributed by atoms with Gasteiger partial charge in [0.1, 0.15) is 11.5 Å². The van der Waals surface area contributed by atoms with Crippen LogP contribution in [0.15, 0.2) is 77.2 Å². The lowest BCUT2D eigenvalue weighted by Crippen LogP contribution is -2.47. The Balaban J connectivity index is 1.42. The van der Waals surface area contributed by atoms with Gasteiger partial charge in [-0.15, -0.1) is 0 Å². The first-order chi connectivity index (χ1) is 21.5. The van der Waals surface area contributed by atoms with Crippen LogP contribution in [0.3, 0.4) is 0 Å². The number of nitrogens with zero attached hydrogens (tertiary/aromatic N) is 1. The molecule has 1 aromatic heterocycles. The number of fused-ring (bicyclic) bond motifs is 1. The topological polar surface area (TPSA) is 179 Å². The summed E-state index contributed by atoms with van der Waals surface area (Å²) >= 11 is 0. The van der Waals surface area contributed by atoms with Crippen LogP contribution >= 0.6 is 7.60 Å². The van der Waals surface area contributed by atoms with Crippen LogP contribution in [0, 0.1) is 5.92 Å². The molecule has 0 spiro atoms. The number of ether oxygens (including phenoxy) is 1. The Hall–Kier alpha value is -4.48. The Morgan fingerprint density at radius 2 is 1.76 bits per heavy atom. The smallest absolute Gasteiger partial charge is 0.356 e. The summed E-state index contributed by atoms with van der Waals surface area (Å²) in [5.74, 6) is -1.56. The van der Waals surface area contributed by atoms with E-state index in [1.54, 1.807) is 13.8 Å². The second-order valence-corrected chi connectivity index (χ2v) is 12.0. The molecule has 4 rings (SSSR count). The first-order valence-corrected chi connectivity index (χ1v) is 16.1. The molecule has 13 heteroatoms. The maximum atomic E-state index is 13.3. The molecule has 45 heavy (non-hydrogen) atoms. The van der Waals surface area contributed by atoms with E-state index < -0.39 is 31.4 Å². The maximum absolute atomic E-state index is 13.3. The average molecular weight is 638 g/mol. The predicted molar refractivity (Wildman–Crippen MR) is 167 cm³/mol. The van der Waals surface area contributed by atoms with Crippen LogP contribution in [-0.2, 0) is 20.6 Å². The van der Waals surface area contributed by atoms with Crippen molar-refractivity contribution in [3.8, 4) is 17.1 Å². The van der Waals surface area contributed by atoms with Gasteiger partial charge in [0.15, 0.2) is 5.76 Å². The molecule has 0 aliphatic rings. The van der Waals surface area contributed by atoms with Crippen molar-refractivity contribution in [2.24, 2.45) is 5.92 Å². The summed E-state index contributed by atoms with van der Waals surface area (Å²) < 4.78 is 22.9. The van der Waals surface area contributed by atoms with Crippen LogP contribution in [0.2, 0.25) is 0 Å². The van der Waals surface area contributed by atoms with Gasteiger partial charge < -0.3 is 29.6 Å². The van der Waals surface area contributed by atoms with E-state index in [0.29, 0.717) is 29.9 Å². The van der Waals surface area contributed by atoms with Crippen molar-refractivity contribution in [1.29, 1.82) is 0 Å². The number of nitrogens with one attached hydrogen (secondary N) is 2. The number of rotatable bonds is 15. The van der Waals surface area contributed by atoms with Gasteiger partial charge in [0.2, 0.25) is 12.3 Å². The lowest BCUT2D eigenvalue weighted by Gasteiger charge is -2.29. The summed E-state index contributed by atoms with van der Waals surface area (Å²) in [6.07, 6.45) is 1.44. The minimum absolute atomic E-state index is 0.0967. The summed E-state index contributed by atoms with van der Waals surface area (Å²) in [7, 11) is -4.59. The number of carbonyl (C=O) groups is 3. The second-order valence-electron chi connectivity index (χ2n) is 10.4. The van der Waals surface area contributed by atoms with Crippen molar-refractivity contribution in [2.75, 3.05) is 13.3 Å². The fourth-order valence-electron chi connectivity index (χ4n) is 5.14. The molecule has 0 saturated heterocycles. The van der Waals surface area contributed by atoms with Crippen LogP contribution in [0.25, 0.3) is 22.1 Å². The molecule has 0 aliphatic heterocycles. The van der Waals surface area contributed by atoms with Crippen molar-refractivity contribution < 1.29 is 43.1 Å². The minimum Gasteiger partial charge on any atom is -0.494 e. The van der Waals surface area contributed by atoms with Gasteiger partial charge in [0, 0.05) is 5.56 Å². The third-order valence-electron chi connectivity index (χ3n) is 7.39. The predicted octanol–water partition coefficient (Wildman–Crippen LogP) is 3.98. The first-order valence-electron chi connectivity index (χ1n) is 14.4. The Kier molecular flexibility index (Phi) is 11.1. The molecular formula is C32H36N3O9P. The zero-order valence-corrected chi connectivity index (χ0v) is 25.8. The summed E-state index contributed by atoms with van der Waals surface area (Å²) in [5, 5.41) is 17.8. The van der Waals surface area contributed by atoms with Crippen molar-refractivity contribution in [2.45, 2.75) is 39.2 Å². The molecule has 3 amide bonds. The van der Waals surface area contributed by atoms with Gasteiger partial charge in [-0.25, -0.2) is 5.06 Å². The highest BCUT2D eigenvalue weighted by atomic mass is 31.2. The lowest BCUT2D eigenvalue weighted by atomic mass is 9.89. The molecule has 0 radical (unpaired) electrons. The van der Waals surface area contributed by atoms with E-state index in [4.69, 9.17) is 9.15 Å². The molecule has 0 bridgehead atoms. The number of aryl methyl sites for hydroxylation is 1. The summed E-state index contributed by atoms with van der Waals surface area (Å²) in [4.78, 5) is 56.7. The highest BCUT2D eigenvalue weighted by Gasteiger charge is 2.31. The van der Waals surface area contributed by atoms with Gasteiger partial charge in [-0.2, -0.15) is 0 Å². The van der Waals surface area contributed by atoms with E-state index >= 15 is 0 Å². The highest BCUT2D eigenvalue weighted by Crippen LogP contribution is 2.37. The molecule has 0 fully saturated rings. The standard InChI is InChI=1S/C32H36N3O9P/c1-3-28(35(39)20-36)27(12-10-21-9-11-22-7-5-6-8-23(22)15-21)31(37)33-19-34-32(38)30-14-13-29(44-30)24-16-25(43-4-2)18-26(17-24)45(40,41)42/h5-9,11,13-18,20,27-28,39H,3-4,10,12,19H2,1-2H3,(H,33,37)(H,34,38)(H2,40,41,42)/t27-,28-/m1/s1. The summed E-state index contributed by atoms with van der Waals surface area (Å²) in [6, 6.07) is 20.1. The summed E-state index contributed by atoms with van der Waals surface area (Å²) in [5.41, 5.74) is 1.30. The van der Waals surface area contributed by atoms with Crippen LogP contribution in [0.5, 0.6) is 5.75 Å². The zero-order chi connectivity index (χ0) is 32.6. The molecular weight excluding hydrogens is 601 g/mol. The van der Waals surface area contributed by atoms with Crippen molar-refractivity contribution >= 4 is 41.9 Å². The second kappa shape index (κ2) is 15.0. The molecule has 238 valence electrons. The SMILES string of the molecule is CCOc1cc(-c2ccc(C(=O)NCNC(=O)[C@H](CCc3ccc4ccccc4c3)[C@@H](CC)N(O)C=O)o2)cc(P(=O)(O)O)c1. The number of benzene rings is 3. The molecule has 0 saturated carbocycles. The number of amides is 3. The Labute approximate surface area is 260 Å². The molecule has 0 unspecified atom stereocenters. The van der Waals surface area contributed by atoms with Crippen LogP contribution in [0.1, 0.15) is 42.8 Å². The average Bonchev–Trinajstić information content (AvgIpc) is 3.53. The van der Waals surface area contributed by atoms with Gasteiger partial charge in [-0.1, -0.05) is 49.4 Å². The van der Waals surface area contributed by atoms with E-state index in [1.807, 2.05) is 42.5 Å². The third kappa shape index (κ3) is 8.58. The normalized spacial score (nSPS) is 12.7. The van der Waals surface area contributed by atoms with Gasteiger partial charge in [0.05, 0.1) is 30.5 Å². The van der Waals surface area contributed by atoms with Crippen LogP contribution in [-0.4, -0.2) is 57.6 Å². The first kappa shape index (κ1) is 33.4. The Bertz CT molecular complexity index is 1700. The molecule has 2 atom stereocenters. The number of hydrogen-bond acceptors (Lipinski definition) is 7. The Morgan fingerprint density at radius 1 is 1.00 bits per heavy atom. The molecule has 4 aromatic rings. The largest absolute Gasteiger partial charge is 0.494 e. The minimum atomic E-state index is -4.59. The van der Waals surface area contributed by atoms with Crippen LogP contribution in [0.4, 0.5) is 0 Å². The van der Waals surface area contributed by atoms with E-state index in [-0.39, 0.29) is 42.3 Å². The van der Waals surface area contributed by atoms with Gasteiger partial charge in [-0.05, 0) is 72.9 Å². The lowest BCUT2D eigenvalue weighted by molar-refractivity contribution is -0.168. The van der Waals surface area contributed by atoms with Crippen molar-refractivity contribution in [1.82, 2.24) is 15.7 Å². The molecule has 1 heterocycles. The van der Waals surface area contributed by atoms with Crippen molar-refractivity contribution in [3.05, 3.63) is 84.1 Å². The number of hydroxylamine groups is 2. The quantitative estimate of drug-likeness (QED) is 0.0424. The van der Waals surface area contributed by atoms with E-state index in [2.05, 4.69) is 10.6 Å². The van der Waals surface area contributed by atoms with Gasteiger partial charge >= 0.3 is 7.60 Å². The molecule has 12 nitrogen and oxygen atoms in total. The number of hydrogen-bond donors (Lipinski definition) is 5. The van der Waals surface area contributed by atoms with Crippen LogP contribution < -0.4 is 20.7 Å². The fraction of sp³-hybridized carbons (Fsp3) is 0.281. The van der Waals surface area contributed by atoms with Gasteiger partial charge in [-0.3, -0.25) is 24.2 Å². The zero-order valence-electron chi connectivity index (χ0n) is 24.9. The number of furan rings is 1. The Morgan fingerprint density at radius 3 is 2.44 bits per heavy atom. The molecule has 5 N–H and O–H groups in total. The van der Waals surface area contributed by atoms with Gasteiger partial charge in [0.25, 0.3) is 5.91 Å². The van der Waals surface area contributed by atoms with E-state index in [9.17, 15) is 33.9 Å². The molecule has 0 aliphatic carbocycles. The molecule has 3 aromatic carbocycles. The van der Waals surface area contributed by atoms with Crippen molar-refractivity contribution in [3.63, 3.8) is 0 Å². The highest BCUT2D eigenvalue weighted by molar-refractivity contribution is 7.60.